The van der Waals surface area contributed by atoms with E-state index >= 15 is 0 Å². The third-order valence-electron chi connectivity index (χ3n) is 3.54. The van der Waals surface area contributed by atoms with E-state index in [-0.39, 0.29) is 18.1 Å². The third-order valence-corrected chi connectivity index (χ3v) is 3.54. The van der Waals surface area contributed by atoms with Crippen molar-refractivity contribution in [3.05, 3.63) is 24.0 Å². The summed E-state index contributed by atoms with van der Waals surface area (Å²) in [6.45, 7) is 0.875. The van der Waals surface area contributed by atoms with Crippen LogP contribution in [-0.2, 0) is 11.3 Å². The van der Waals surface area contributed by atoms with Gasteiger partial charge in [-0.1, -0.05) is 6.42 Å². The molecule has 5 heteroatoms. The molecule has 1 aliphatic carbocycles. The van der Waals surface area contributed by atoms with Crippen molar-refractivity contribution in [3.63, 3.8) is 0 Å². The van der Waals surface area contributed by atoms with Gasteiger partial charge in [0.1, 0.15) is 12.2 Å². The molecule has 1 fully saturated rings. The molecule has 0 bridgehead atoms. The Morgan fingerprint density at radius 2 is 2.22 bits per heavy atom. The van der Waals surface area contributed by atoms with Gasteiger partial charge in [0, 0.05) is 19.8 Å². The first-order chi connectivity index (χ1) is 8.58. The molecule has 1 aromatic rings. The Labute approximate surface area is 106 Å². The summed E-state index contributed by atoms with van der Waals surface area (Å²) in [7, 11) is 1.78. The highest BCUT2D eigenvalue weighted by atomic mass is 16.4. The Kier molecular flexibility index (Phi) is 3.69. The number of aromatic nitrogens is 1. The minimum absolute atomic E-state index is 0.0411. The van der Waals surface area contributed by atoms with Crippen LogP contribution in [-0.4, -0.2) is 40.0 Å². The topological polar surface area (TPSA) is 62.5 Å². The first kappa shape index (κ1) is 12.7. The molecule has 5 nitrogen and oxygen atoms in total. The van der Waals surface area contributed by atoms with E-state index in [1.807, 2.05) is 0 Å². The van der Waals surface area contributed by atoms with Crippen LogP contribution in [0.1, 0.15) is 29.8 Å². The van der Waals surface area contributed by atoms with E-state index < -0.39 is 5.97 Å². The maximum Gasteiger partial charge on any atom is 0.352 e. The summed E-state index contributed by atoms with van der Waals surface area (Å²) >= 11 is 0. The molecule has 1 saturated carbocycles. The Morgan fingerprint density at radius 1 is 1.50 bits per heavy atom. The van der Waals surface area contributed by atoms with Gasteiger partial charge in [0.25, 0.3) is 0 Å². The van der Waals surface area contributed by atoms with Crippen LogP contribution in [0, 0.1) is 5.92 Å². The van der Waals surface area contributed by atoms with Crippen LogP contribution < -0.4 is 0 Å². The van der Waals surface area contributed by atoms with Crippen LogP contribution in [0.4, 0.5) is 0 Å². The third kappa shape index (κ3) is 2.72. The highest BCUT2D eigenvalue weighted by Gasteiger charge is 2.22. The van der Waals surface area contributed by atoms with Gasteiger partial charge in [-0.05, 0) is 30.9 Å². The highest BCUT2D eigenvalue weighted by Crippen LogP contribution is 2.26. The monoisotopic (exact) mass is 250 g/mol. The molecular formula is C13H18N2O3. The van der Waals surface area contributed by atoms with Crippen LogP contribution in [0.25, 0.3) is 0 Å². The zero-order valence-electron chi connectivity index (χ0n) is 10.5. The van der Waals surface area contributed by atoms with Gasteiger partial charge in [-0.3, -0.25) is 4.79 Å². The molecule has 0 saturated heterocycles. The van der Waals surface area contributed by atoms with E-state index in [1.165, 1.54) is 29.9 Å². The SMILES string of the molecule is CN(CC1CCC1)C(=O)Cn1cccc1C(=O)O. The van der Waals surface area contributed by atoms with Crippen LogP contribution in [0.2, 0.25) is 0 Å². The number of carbonyl (C=O) groups is 2. The molecule has 1 heterocycles. The average molecular weight is 250 g/mol. The molecule has 0 radical (unpaired) electrons. The zero-order chi connectivity index (χ0) is 13.1. The normalized spacial score (nSPS) is 15.2. The standard InChI is InChI=1S/C13H18N2O3/c1-14(8-10-4-2-5-10)12(16)9-15-7-3-6-11(15)13(17)18/h3,6-7,10H,2,4-5,8-9H2,1H3,(H,17,18). The second kappa shape index (κ2) is 5.25. The lowest BCUT2D eigenvalue weighted by Gasteiger charge is -2.30. The van der Waals surface area contributed by atoms with Crippen molar-refractivity contribution < 1.29 is 14.7 Å². The van der Waals surface area contributed by atoms with Gasteiger partial charge >= 0.3 is 5.97 Å². The molecule has 2 rings (SSSR count). The molecule has 0 unspecified atom stereocenters. The molecule has 1 N–H and O–H groups in total. The lowest BCUT2D eigenvalue weighted by Crippen LogP contribution is -2.36. The minimum Gasteiger partial charge on any atom is -0.477 e. The Morgan fingerprint density at radius 3 is 2.78 bits per heavy atom. The van der Waals surface area contributed by atoms with E-state index in [9.17, 15) is 9.59 Å². The summed E-state index contributed by atoms with van der Waals surface area (Å²) in [5.74, 6) is -0.419. The Hall–Kier alpha value is -1.78. The number of likely N-dealkylation sites (N-methyl/N-ethyl adjacent to an activating group) is 1. The van der Waals surface area contributed by atoms with Gasteiger partial charge in [-0.15, -0.1) is 0 Å². The van der Waals surface area contributed by atoms with Crippen LogP contribution in [0.3, 0.4) is 0 Å². The van der Waals surface area contributed by atoms with Crippen molar-refractivity contribution in [2.45, 2.75) is 25.8 Å². The summed E-state index contributed by atoms with van der Waals surface area (Å²) in [5.41, 5.74) is 0.153. The quantitative estimate of drug-likeness (QED) is 0.860. The van der Waals surface area contributed by atoms with E-state index in [4.69, 9.17) is 5.11 Å². The number of amides is 1. The minimum atomic E-state index is -1.01. The smallest absolute Gasteiger partial charge is 0.352 e. The van der Waals surface area contributed by atoms with Crippen molar-refractivity contribution in [2.24, 2.45) is 5.92 Å². The second-order valence-corrected chi connectivity index (χ2v) is 4.90. The van der Waals surface area contributed by atoms with Crippen molar-refractivity contribution in [3.8, 4) is 0 Å². The largest absolute Gasteiger partial charge is 0.477 e. The van der Waals surface area contributed by atoms with Crippen molar-refractivity contribution in [1.29, 1.82) is 0 Å². The fourth-order valence-corrected chi connectivity index (χ4v) is 2.18. The zero-order valence-corrected chi connectivity index (χ0v) is 10.5. The number of hydrogen-bond acceptors (Lipinski definition) is 2. The summed E-state index contributed by atoms with van der Waals surface area (Å²) in [4.78, 5) is 24.6. The average Bonchev–Trinajstić information content (AvgIpc) is 2.71. The molecule has 0 aliphatic heterocycles. The number of nitrogens with zero attached hydrogens (tertiary/aromatic N) is 2. The van der Waals surface area contributed by atoms with Gasteiger partial charge in [-0.2, -0.15) is 0 Å². The van der Waals surface area contributed by atoms with Crippen molar-refractivity contribution in [2.75, 3.05) is 13.6 Å². The summed E-state index contributed by atoms with van der Waals surface area (Å²) in [5, 5.41) is 8.95. The molecule has 98 valence electrons. The molecule has 1 aromatic heterocycles. The maximum atomic E-state index is 12.0. The Bertz CT molecular complexity index is 449. The molecule has 1 aliphatic rings. The molecule has 0 spiro atoms. The molecule has 1 amide bonds. The van der Waals surface area contributed by atoms with Gasteiger partial charge in [-0.25, -0.2) is 4.79 Å². The molecule has 0 aromatic carbocycles. The van der Waals surface area contributed by atoms with E-state index in [0.29, 0.717) is 5.92 Å². The first-order valence-electron chi connectivity index (χ1n) is 6.20. The fraction of sp³-hybridized carbons (Fsp3) is 0.538. The Balaban J connectivity index is 1.93. The second-order valence-electron chi connectivity index (χ2n) is 4.90. The number of aromatic carboxylic acids is 1. The van der Waals surface area contributed by atoms with Crippen molar-refractivity contribution in [1.82, 2.24) is 9.47 Å². The van der Waals surface area contributed by atoms with Gasteiger partial charge in [0.05, 0.1) is 0 Å². The van der Waals surface area contributed by atoms with Gasteiger partial charge in [0.2, 0.25) is 5.91 Å². The molecular weight excluding hydrogens is 232 g/mol. The number of carboxylic acid groups (broad SMARTS) is 1. The number of hydrogen-bond donors (Lipinski definition) is 1. The maximum absolute atomic E-state index is 12.0. The van der Waals surface area contributed by atoms with Crippen LogP contribution >= 0.6 is 0 Å². The van der Waals surface area contributed by atoms with E-state index in [2.05, 4.69) is 0 Å². The van der Waals surface area contributed by atoms with E-state index in [0.717, 1.165) is 6.54 Å². The van der Waals surface area contributed by atoms with Crippen LogP contribution in [0.5, 0.6) is 0 Å². The predicted molar refractivity (Wildman–Crippen MR) is 66.4 cm³/mol. The van der Waals surface area contributed by atoms with Crippen molar-refractivity contribution >= 4 is 11.9 Å². The molecule has 18 heavy (non-hydrogen) atoms. The highest BCUT2D eigenvalue weighted by molar-refractivity contribution is 5.86. The lowest BCUT2D eigenvalue weighted by atomic mass is 9.85. The lowest BCUT2D eigenvalue weighted by molar-refractivity contribution is -0.131. The van der Waals surface area contributed by atoms with Crippen LogP contribution in [0.15, 0.2) is 18.3 Å². The number of carbonyl (C=O) groups excluding carboxylic acids is 1. The molecule has 0 atom stereocenters. The number of carboxylic acids is 1. The predicted octanol–water partition coefficient (Wildman–Crippen LogP) is 1.44. The first-order valence-corrected chi connectivity index (χ1v) is 6.20. The van der Waals surface area contributed by atoms with E-state index in [1.54, 1.807) is 24.2 Å². The summed E-state index contributed by atoms with van der Waals surface area (Å²) in [6, 6.07) is 3.14. The fourth-order valence-electron chi connectivity index (χ4n) is 2.18. The summed E-state index contributed by atoms with van der Waals surface area (Å²) < 4.78 is 1.47. The van der Waals surface area contributed by atoms with Gasteiger partial charge in [0.15, 0.2) is 0 Å². The van der Waals surface area contributed by atoms with Gasteiger partial charge < -0.3 is 14.6 Å². The summed E-state index contributed by atoms with van der Waals surface area (Å²) in [6.07, 6.45) is 5.27. The number of rotatable bonds is 5.